The summed E-state index contributed by atoms with van der Waals surface area (Å²) in [7, 11) is -0.879. The molecule has 1 aromatic carbocycles. The van der Waals surface area contributed by atoms with Crippen LogP contribution in [0.5, 0.6) is 0 Å². The molecule has 0 bridgehead atoms. The maximum absolute atomic E-state index is 12.5. The number of rotatable bonds is 4. The third kappa shape index (κ3) is 4.06. The number of hydrogen-bond donors (Lipinski definition) is 2. The maximum Gasteiger partial charge on any atom is 0.253 e. The predicted molar refractivity (Wildman–Crippen MR) is 90.4 cm³/mol. The molecule has 1 aliphatic heterocycles. The molecule has 24 heavy (non-hydrogen) atoms. The SMILES string of the molecule is CN(C)S(=O)(=O)c1ccc(Cl)c(C(=O)N[C@@H]2CCCCNC2=O)c1. The van der Waals surface area contributed by atoms with Crippen LogP contribution in [0.2, 0.25) is 5.02 Å². The van der Waals surface area contributed by atoms with Crippen LogP contribution in [0.3, 0.4) is 0 Å². The summed E-state index contributed by atoms with van der Waals surface area (Å²) in [5.74, 6) is -0.813. The molecular weight excluding hydrogens is 354 g/mol. The Labute approximate surface area is 146 Å². The lowest BCUT2D eigenvalue weighted by Crippen LogP contribution is -2.45. The van der Waals surface area contributed by atoms with Gasteiger partial charge in [-0.15, -0.1) is 0 Å². The minimum atomic E-state index is -3.68. The van der Waals surface area contributed by atoms with Crippen molar-refractivity contribution in [2.24, 2.45) is 0 Å². The lowest BCUT2D eigenvalue weighted by Gasteiger charge is -2.17. The largest absolute Gasteiger partial charge is 0.354 e. The summed E-state index contributed by atoms with van der Waals surface area (Å²) in [5, 5.41) is 5.48. The third-order valence-corrected chi connectivity index (χ3v) is 5.94. The number of hydrogen-bond acceptors (Lipinski definition) is 4. The summed E-state index contributed by atoms with van der Waals surface area (Å²) in [6.45, 7) is 0.586. The second-order valence-electron chi connectivity index (χ2n) is 5.74. The molecule has 2 N–H and O–H groups in total. The number of benzene rings is 1. The highest BCUT2D eigenvalue weighted by molar-refractivity contribution is 7.89. The lowest BCUT2D eigenvalue weighted by molar-refractivity contribution is -0.122. The van der Waals surface area contributed by atoms with Gasteiger partial charge in [0.05, 0.1) is 15.5 Å². The number of sulfonamides is 1. The molecule has 1 aliphatic rings. The molecule has 0 spiro atoms. The Hall–Kier alpha value is -1.64. The van der Waals surface area contributed by atoms with E-state index >= 15 is 0 Å². The van der Waals surface area contributed by atoms with Gasteiger partial charge < -0.3 is 10.6 Å². The Bertz CT molecular complexity index is 749. The fraction of sp³-hybridized carbons (Fsp3) is 0.467. The van der Waals surface area contributed by atoms with Crippen LogP contribution in [0.15, 0.2) is 23.1 Å². The van der Waals surface area contributed by atoms with Crippen LogP contribution in [0.4, 0.5) is 0 Å². The van der Waals surface area contributed by atoms with Crippen LogP contribution >= 0.6 is 11.6 Å². The third-order valence-electron chi connectivity index (χ3n) is 3.80. The molecule has 1 saturated heterocycles. The topological polar surface area (TPSA) is 95.6 Å². The van der Waals surface area contributed by atoms with Gasteiger partial charge in [0, 0.05) is 20.6 Å². The van der Waals surface area contributed by atoms with Gasteiger partial charge in [-0.05, 0) is 37.5 Å². The fourth-order valence-electron chi connectivity index (χ4n) is 2.36. The first-order valence-electron chi connectivity index (χ1n) is 7.54. The number of amides is 2. The summed E-state index contributed by atoms with van der Waals surface area (Å²) in [6.07, 6.45) is 2.20. The number of halogens is 1. The van der Waals surface area contributed by atoms with Crippen LogP contribution < -0.4 is 10.6 Å². The van der Waals surface area contributed by atoms with Crippen molar-refractivity contribution in [3.63, 3.8) is 0 Å². The fourth-order valence-corrected chi connectivity index (χ4v) is 3.49. The summed E-state index contributed by atoms with van der Waals surface area (Å²) in [5.41, 5.74) is 0.0247. The van der Waals surface area contributed by atoms with Gasteiger partial charge >= 0.3 is 0 Å². The molecule has 2 amide bonds. The summed E-state index contributed by atoms with van der Waals surface area (Å²) in [4.78, 5) is 24.3. The monoisotopic (exact) mass is 373 g/mol. The van der Waals surface area contributed by atoms with Crippen molar-refractivity contribution < 1.29 is 18.0 Å². The van der Waals surface area contributed by atoms with Gasteiger partial charge in [0.2, 0.25) is 15.9 Å². The first-order chi connectivity index (χ1) is 11.2. The Morgan fingerprint density at radius 2 is 2.04 bits per heavy atom. The smallest absolute Gasteiger partial charge is 0.253 e. The Morgan fingerprint density at radius 1 is 1.33 bits per heavy atom. The zero-order valence-corrected chi connectivity index (χ0v) is 15.1. The van der Waals surface area contributed by atoms with Crippen LogP contribution in [-0.2, 0) is 14.8 Å². The number of carbonyl (C=O) groups excluding carboxylic acids is 2. The highest BCUT2D eigenvalue weighted by Gasteiger charge is 2.25. The summed E-state index contributed by atoms with van der Waals surface area (Å²) < 4.78 is 25.4. The van der Waals surface area contributed by atoms with Crippen molar-refractivity contribution in [2.45, 2.75) is 30.2 Å². The molecule has 0 radical (unpaired) electrons. The highest BCUT2D eigenvalue weighted by Crippen LogP contribution is 2.22. The van der Waals surface area contributed by atoms with Crippen molar-refractivity contribution in [1.82, 2.24) is 14.9 Å². The molecule has 0 unspecified atom stereocenters. The van der Waals surface area contributed by atoms with Gasteiger partial charge in [-0.3, -0.25) is 9.59 Å². The Morgan fingerprint density at radius 3 is 2.71 bits per heavy atom. The van der Waals surface area contributed by atoms with Crippen molar-refractivity contribution in [3.8, 4) is 0 Å². The van der Waals surface area contributed by atoms with Gasteiger partial charge in [-0.25, -0.2) is 12.7 Å². The molecule has 0 aliphatic carbocycles. The van der Waals surface area contributed by atoms with Crippen molar-refractivity contribution in [2.75, 3.05) is 20.6 Å². The molecule has 1 fully saturated rings. The maximum atomic E-state index is 12.5. The van der Waals surface area contributed by atoms with Crippen molar-refractivity contribution in [1.29, 1.82) is 0 Å². The van der Waals surface area contributed by atoms with E-state index in [1.54, 1.807) is 0 Å². The number of carbonyl (C=O) groups is 2. The average molecular weight is 374 g/mol. The number of nitrogens with one attached hydrogen (secondary N) is 2. The van der Waals surface area contributed by atoms with Crippen molar-refractivity contribution in [3.05, 3.63) is 28.8 Å². The Kier molecular flexibility index (Phi) is 5.84. The van der Waals surface area contributed by atoms with Crippen LogP contribution in [0, 0.1) is 0 Å². The molecular formula is C15H20ClN3O4S. The second-order valence-corrected chi connectivity index (χ2v) is 8.30. The quantitative estimate of drug-likeness (QED) is 0.822. The molecule has 9 heteroatoms. The van der Waals surface area contributed by atoms with Gasteiger partial charge in [-0.1, -0.05) is 11.6 Å². The first-order valence-corrected chi connectivity index (χ1v) is 9.36. The van der Waals surface area contributed by atoms with E-state index in [4.69, 9.17) is 11.6 Å². The van der Waals surface area contributed by atoms with E-state index in [0.29, 0.717) is 13.0 Å². The molecule has 0 saturated carbocycles. The summed E-state index contributed by atoms with van der Waals surface area (Å²) in [6, 6.07) is 3.28. The van der Waals surface area contributed by atoms with E-state index in [1.807, 2.05) is 0 Å². The molecule has 2 rings (SSSR count). The van der Waals surface area contributed by atoms with E-state index in [2.05, 4.69) is 10.6 Å². The standard InChI is InChI=1S/C15H20ClN3O4S/c1-19(2)24(22,23)10-6-7-12(16)11(9-10)14(20)18-13-5-3-4-8-17-15(13)21/h6-7,9,13H,3-5,8H2,1-2H3,(H,17,21)(H,18,20)/t13-/m1/s1. The zero-order valence-electron chi connectivity index (χ0n) is 13.5. The van der Waals surface area contributed by atoms with Gasteiger partial charge in [0.1, 0.15) is 6.04 Å². The predicted octanol–water partition coefficient (Wildman–Crippen LogP) is 0.989. The lowest BCUT2D eigenvalue weighted by atomic mass is 10.1. The van der Waals surface area contributed by atoms with E-state index in [0.717, 1.165) is 17.1 Å². The molecule has 7 nitrogen and oxygen atoms in total. The molecule has 132 valence electrons. The molecule has 0 aromatic heterocycles. The van der Waals surface area contributed by atoms with E-state index < -0.39 is 22.0 Å². The van der Waals surface area contributed by atoms with Crippen LogP contribution in [0.1, 0.15) is 29.6 Å². The normalized spacial score (nSPS) is 18.8. The van der Waals surface area contributed by atoms with Crippen molar-refractivity contribution >= 4 is 33.4 Å². The van der Waals surface area contributed by atoms with Crippen LogP contribution in [0.25, 0.3) is 0 Å². The number of nitrogens with zero attached hydrogens (tertiary/aromatic N) is 1. The van der Waals surface area contributed by atoms with Crippen LogP contribution in [-0.4, -0.2) is 51.2 Å². The minimum absolute atomic E-state index is 0.0247. The van der Waals surface area contributed by atoms with Gasteiger partial charge in [0.25, 0.3) is 5.91 Å². The zero-order chi connectivity index (χ0) is 17.9. The Balaban J connectivity index is 2.27. The van der Waals surface area contributed by atoms with Gasteiger partial charge in [-0.2, -0.15) is 0 Å². The molecule has 1 heterocycles. The minimum Gasteiger partial charge on any atom is -0.354 e. The highest BCUT2D eigenvalue weighted by atomic mass is 35.5. The van der Waals surface area contributed by atoms with Gasteiger partial charge in [0.15, 0.2) is 0 Å². The van der Waals surface area contributed by atoms with E-state index in [1.165, 1.54) is 32.3 Å². The second kappa shape index (κ2) is 7.50. The first kappa shape index (κ1) is 18.7. The average Bonchev–Trinajstić information content (AvgIpc) is 2.72. The van der Waals surface area contributed by atoms with E-state index in [9.17, 15) is 18.0 Å². The molecule has 1 aromatic rings. The van der Waals surface area contributed by atoms with E-state index in [-0.39, 0.29) is 21.4 Å². The summed E-state index contributed by atoms with van der Waals surface area (Å²) >= 11 is 6.04. The molecule has 1 atom stereocenters.